The molecule has 7 nitrogen and oxygen atoms in total. The van der Waals surface area contributed by atoms with Crippen molar-refractivity contribution in [2.45, 2.75) is 65.5 Å². The molecule has 0 fully saturated rings. The van der Waals surface area contributed by atoms with Crippen LogP contribution in [0.15, 0.2) is 16.9 Å². The van der Waals surface area contributed by atoms with Gasteiger partial charge in [-0.05, 0) is 45.2 Å². The molecule has 168 valence electrons. The van der Waals surface area contributed by atoms with Crippen molar-refractivity contribution in [3.05, 3.63) is 44.3 Å². The summed E-state index contributed by atoms with van der Waals surface area (Å²) in [6.45, 7) is 6.95. The number of thiophene rings is 1. The molecule has 4 heterocycles. The van der Waals surface area contributed by atoms with Gasteiger partial charge in [0.25, 0.3) is 11.5 Å². The highest BCUT2D eigenvalue weighted by Gasteiger charge is 2.25. The summed E-state index contributed by atoms with van der Waals surface area (Å²) in [5.41, 5.74) is 2.30. The molecular formula is C24H27N3O4S. The van der Waals surface area contributed by atoms with Crippen molar-refractivity contribution >= 4 is 33.1 Å². The molecule has 2 aromatic heterocycles. The molecule has 0 saturated carbocycles. The van der Waals surface area contributed by atoms with Gasteiger partial charge in [-0.1, -0.05) is 6.42 Å². The number of aromatic nitrogens is 2. The molecule has 3 aromatic rings. The van der Waals surface area contributed by atoms with Gasteiger partial charge in [0, 0.05) is 31.0 Å². The van der Waals surface area contributed by atoms with E-state index >= 15 is 0 Å². The SMILES string of the molecule is CCOc1cc2c(cc1NC(=O)c1sc3nc4n(c(=O)c3c1C)CCCCC4)OC(C)C2. The zero-order chi connectivity index (χ0) is 22.4. The third-order valence-corrected chi connectivity index (χ3v) is 7.35. The number of hydrogen-bond acceptors (Lipinski definition) is 6. The smallest absolute Gasteiger partial charge is 0.266 e. The topological polar surface area (TPSA) is 82.5 Å². The Morgan fingerprint density at radius 2 is 2.19 bits per heavy atom. The van der Waals surface area contributed by atoms with Crippen LogP contribution in [-0.2, 0) is 19.4 Å². The van der Waals surface area contributed by atoms with E-state index in [2.05, 4.69) is 5.32 Å². The van der Waals surface area contributed by atoms with Gasteiger partial charge in [0.2, 0.25) is 0 Å². The number of carbonyl (C=O) groups is 1. The molecular weight excluding hydrogens is 426 g/mol. The highest BCUT2D eigenvalue weighted by atomic mass is 32.1. The van der Waals surface area contributed by atoms with Gasteiger partial charge in [-0.3, -0.25) is 14.2 Å². The second kappa shape index (κ2) is 8.24. The number of carbonyl (C=O) groups excluding carboxylic acids is 1. The number of fused-ring (bicyclic) bond motifs is 3. The number of amides is 1. The monoisotopic (exact) mass is 453 g/mol. The maximum Gasteiger partial charge on any atom is 0.266 e. The van der Waals surface area contributed by atoms with Gasteiger partial charge in [-0.25, -0.2) is 4.98 Å². The van der Waals surface area contributed by atoms with Gasteiger partial charge in [-0.2, -0.15) is 0 Å². The standard InChI is InChI=1S/C24H27N3O4S/c1-4-30-18-11-15-10-13(2)31-17(15)12-16(18)25-22(28)21-14(3)20-23(32-21)26-19-8-6-5-7-9-27(19)24(20)29/h11-13H,4-10H2,1-3H3,(H,25,28). The number of rotatable bonds is 4. The van der Waals surface area contributed by atoms with Crippen LogP contribution in [0.25, 0.3) is 10.2 Å². The Morgan fingerprint density at radius 3 is 3.00 bits per heavy atom. The van der Waals surface area contributed by atoms with Crippen LogP contribution in [0.5, 0.6) is 11.5 Å². The van der Waals surface area contributed by atoms with E-state index in [1.165, 1.54) is 11.3 Å². The predicted molar refractivity (Wildman–Crippen MR) is 126 cm³/mol. The molecule has 5 rings (SSSR count). The molecule has 8 heteroatoms. The summed E-state index contributed by atoms with van der Waals surface area (Å²) in [6.07, 6.45) is 4.84. The normalized spacial score (nSPS) is 17.4. The number of nitrogens with zero attached hydrogens (tertiary/aromatic N) is 2. The van der Waals surface area contributed by atoms with Crippen LogP contribution in [0, 0.1) is 6.92 Å². The summed E-state index contributed by atoms with van der Waals surface area (Å²) in [7, 11) is 0. The van der Waals surface area contributed by atoms with Crippen LogP contribution in [0.2, 0.25) is 0 Å². The third-order valence-electron chi connectivity index (χ3n) is 6.16. The Morgan fingerprint density at radius 1 is 1.34 bits per heavy atom. The van der Waals surface area contributed by atoms with E-state index in [1.807, 2.05) is 32.9 Å². The Bertz CT molecular complexity index is 1280. The molecule has 0 radical (unpaired) electrons. The summed E-state index contributed by atoms with van der Waals surface area (Å²) in [5, 5.41) is 3.54. The van der Waals surface area contributed by atoms with E-state index < -0.39 is 0 Å². The van der Waals surface area contributed by atoms with Gasteiger partial charge < -0.3 is 14.8 Å². The van der Waals surface area contributed by atoms with Crippen LogP contribution in [-0.4, -0.2) is 28.2 Å². The molecule has 2 aliphatic heterocycles. The number of nitrogens with one attached hydrogen (secondary N) is 1. The second-order valence-corrected chi connectivity index (χ2v) is 9.51. The van der Waals surface area contributed by atoms with E-state index in [1.54, 1.807) is 4.57 Å². The first-order valence-electron chi connectivity index (χ1n) is 11.3. The fourth-order valence-corrected chi connectivity index (χ4v) is 5.70. The Labute approximate surface area is 190 Å². The minimum atomic E-state index is -0.267. The minimum absolute atomic E-state index is 0.0328. The van der Waals surface area contributed by atoms with Crippen molar-refractivity contribution in [3.63, 3.8) is 0 Å². The molecule has 1 N–H and O–H groups in total. The number of aryl methyl sites for hydroxylation is 2. The van der Waals surface area contributed by atoms with Crippen molar-refractivity contribution in [3.8, 4) is 11.5 Å². The van der Waals surface area contributed by atoms with E-state index in [-0.39, 0.29) is 17.6 Å². The van der Waals surface area contributed by atoms with Crippen molar-refractivity contribution in [2.24, 2.45) is 0 Å². The van der Waals surface area contributed by atoms with Crippen molar-refractivity contribution in [2.75, 3.05) is 11.9 Å². The predicted octanol–water partition coefficient (Wildman–Crippen LogP) is 4.47. The summed E-state index contributed by atoms with van der Waals surface area (Å²) >= 11 is 1.28. The van der Waals surface area contributed by atoms with Crippen molar-refractivity contribution < 1.29 is 14.3 Å². The number of benzene rings is 1. The molecule has 2 aliphatic rings. The molecule has 1 unspecified atom stereocenters. The summed E-state index contributed by atoms with van der Waals surface area (Å²) in [6, 6.07) is 3.78. The average Bonchev–Trinajstić information content (AvgIpc) is 3.17. The highest BCUT2D eigenvalue weighted by Crippen LogP contribution is 2.39. The molecule has 0 spiro atoms. The summed E-state index contributed by atoms with van der Waals surface area (Å²) in [4.78, 5) is 32.4. The van der Waals surface area contributed by atoms with E-state index in [0.717, 1.165) is 49.2 Å². The zero-order valence-electron chi connectivity index (χ0n) is 18.6. The first-order chi connectivity index (χ1) is 15.5. The Balaban J connectivity index is 1.52. The van der Waals surface area contributed by atoms with E-state index in [4.69, 9.17) is 14.5 Å². The molecule has 1 atom stereocenters. The van der Waals surface area contributed by atoms with Gasteiger partial charge in [-0.15, -0.1) is 11.3 Å². The zero-order valence-corrected chi connectivity index (χ0v) is 19.4. The number of hydrogen-bond donors (Lipinski definition) is 1. The van der Waals surface area contributed by atoms with E-state index in [0.29, 0.717) is 45.2 Å². The summed E-state index contributed by atoms with van der Waals surface area (Å²) in [5.74, 6) is 1.96. The maximum atomic E-state index is 13.3. The summed E-state index contributed by atoms with van der Waals surface area (Å²) < 4.78 is 13.4. The molecule has 0 saturated heterocycles. The first-order valence-corrected chi connectivity index (χ1v) is 12.1. The maximum absolute atomic E-state index is 13.3. The van der Waals surface area contributed by atoms with Crippen LogP contribution in [0.3, 0.4) is 0 Å². The van der Waals surface area contributed by atoms with Crippen LogP contribution in [0.4, 0.5) is 5.69 Å². The first kappa shape index (κ1) is 21.0. The fourth-order valence-electron chi connectivity index (χ4n) is 4.62. The van der Waals surface area contributed by atoms with Crippen LogP contribution >= 0.6 is 11.3 Å². The lowest BCUT2D eigenvalue weighted by Crippen LogP contribution is -2.24. The largest absolute Gasteiger partial charge is 0.492 e. The molecule has 0 bridgehead atoms. The average molecular weight is 454 g/mol. The number of ether oxygens (including phenoxy) is 2. The van der Waals surface area contributed by atoms with Crippen molar-refractivity contribution in [1.29, 1.82) is 0 Å². The van der Waals surface area contributed by atoms with Crippen LogP contribution in [0.1, 0.15) is 59.7 Å². The lowest BCUT2D eigenvalue weighted by molar-refractivity contribution is 0.102. The van der Waals surface area contributed by atoms with Gasteiger partial charge in [0.1, 0.15) is 28.3 Å². The Kier molecular flexibility index (Phi) is 5.41. The molecule has 32 heavy (non-hydrogen) atoms. The van der Waals surface area contributed by atoms with Gasteiger partial charge in [0.05, 0.1) is 22.6 Å². The van der Waals surface area contributed by atoms with Crippen molar-refractivity contribution in [1.82, 2.24) is 9.55 Å². The number of anilines is 1. The highest BCUT2D eigenvalue weighted by molar-refractivity contribution is 7.20. The third kappa shape index (κ3) is 3.56. The minimum Gasteiger partial charge on any atom is -0.492 e. The molecule has 1 amide bonds. The van der Waals surface area contributed by atoms with Gasteiger partial charge in [0.15, 0.2) is 0 Å². The van der Waals surface area contributed by atoms with Gasteiger partial charge >= 0.3 is 0 Å². The van der Waals surface area contributed by atoms with Crippen LogP contribution < -0.4 is 20.3 Å². The lowest BCUT2D eigenvalue weighted by Gasteiger charge is -2.13. The lowest BCUT2D eigenvalue weighted by atomic mass is 10.1. The second-order valence-electron chi connectivity index (χ2n) is 8.51. The Hall–Kier alpha value is -2.87. The van der Waals surface area contributed by atoms with E-state index in [9.17, 15) is 9.59 Å². The molecule has 0 aliphatic carbocycles. The quantitative estimate of drug-likeness (QED) is 0.630. The fraction of sp³-hybridized carbons (Fsp3) is 0.458. The molecule has 1 aromatic carbocycles.